The lowest BCUT2D eigenvalue weighted by atomic mass is 10.0. The number of anilines is 2. The molecule has 3 heterocycles. The van der Waals surface area contributed by atoms with Gasteiger partial charge in [0.05, 0.1) is 33.1 Å². The van der Waals surface area contributed by atoms with E-state index in [0.717, 1.165) is 27.0 Å². The molecule has 0 saturated heterocycles. The molecule has 1 aliphatic carbocycles. The highest BCUT2D eigenvalue weighted by atomic mass is 32.1. The molecule has 0 aliphatic heterocycles. The Morgan fingerprint density at radius 2 is 1.67 bits per heavy atom. The SMILES string of the molecule is COCCNCc1cccc(-c2cc3nccc(Oc4ccc(NC(=O)C5(C(=O)Nc6ccc(F)cc6)C=C5)cc4F)c3s2)n1. The number of halogens is 2. The van der Waals surface area contributed by atoms with Crippen molar-refractivity contribution >= 4 is 44.7 Å². The fourth-order valence-corrected chi connectivity index (χ4v) is 5.53. The number of ether oxygens (including phenoxy) is 2. The van der Waals surface area contributed by atoms with E-state index in [9.17, 15) is 14.0 Å². The number of pyridine rings is 2. The number of rotatable bonds is 12. The van der Waals surface area contributed by atoms with Gasteiger partial charge in [-0.25, -0.2) is 8.78 Å². The highest BCUT2D eigenvalue weighted by molar-refractivity contribution is 7.22. The van der Waals surface area contributed by atoms with Gasteiger partial charge in [0.15, 0.2) is 17.0 Å². The van der Waals surface area contributed by atoms with E-state index in [2.05, 4.69) is 20.9 Å². The summed E-state index contributed by atoms with van der Waals surface area (Å²) in [6.45, 7) is 1.93. The van der Waals surface area contributed by atoms with Gasteiger partial charge in [0.25, 0.3) is 0 Å². The Morgan fingerprint density at radius 1 is 0.911 bits per heavy atom. The third-order valence-electron chi connectivity index (χ3n) is 6.99. The number of amides is 2. The number of hydrogen-bond acceptors (Lipinski definition) is 8. The number of nitrogens with zero attached hydrogens (tertiary/aromatic N) is 2. The summed E-state index contributed by atoms with van der Waals surface area (Å²) in [5.41, 5.74) is 1.33. The molecule has 9 nitrogen and oxygen atoms in total. The smallest absolute Gasteiger partial charge is 0.247 e. The molecular weight excluding hydrogens is 600 g/mol. The topological polar surface area (TPSA) is 114 Å². The molecule has 0 atom stereocenters. The number of carbonyl (C=O) groups is 2. The second-order valence-electron chi connectivity index (χ2n) is 10.2. The normalized spacial score (nSPS) is 13.0. The van der Waals surface area contributed by atoms with Crippen LogP contribution >= 0.6 is 11.3 Å². The monoisotopic (exact) mass is 627 g/mol. The number of thiophene rings is 1. The molecule has 2 aromatic carbocycles. The van der Waals surface area contributed by atoms with Crippen LogP contribution in [0.4, 0.5) is 20.2 Å². The van der Waals surface area contributed by atoms with Crippen LogP contribution in [0.3, 0.4) is 0 Å². The highest BCUT2D eigenvalue weighted by Gasteiger charge is 2.49. The summed E-state index contributed by atoms with van der Waals surface area (Å²) in [6.07, 6.45) is 4.46. The first-order valence-corrected chi connectivity index (χ1v) is 14.8. The Hall–Kier alpha value is -5.04. The third kappa shape index (κ3) is 6.73. The molecule has 0 unspecified atom stereocenters. The van der Waals surface area contributed by atoms with Crippen molar-refractivity contribution < 1.29 is 27.8 Å². The number of methoxy groups -OCH3 is 1. The lowest BCUT2D eigenvalue weighted by Crippen LogP contribution is -2.37. The fraction of sp³-hybridized carbons (Fsp3) is 0.152. The van der Waals surface area contributed by atoms with Gasteiger partial charge in [0, 0.05) is 49.9 Å². The quantitative estimate of drug-likeness (QED) is 0.0845. The summed E-state index contributed by atoms with van der Waals surface area (Å²) < 4.78 is 40.1. The van der Waals surface area contributed by atoms with Crippen LogP contribution in [0.1, 0.15) is 5.69 Å². The van der Waals surface area contributed by atoms with Gasteiger partial charge in [-0.15, -0.1) is 11.3 Å². The van der Waals surface area contributed by atoms with E-state index in [1.54, 1.807) is 19.4 Å². The molecule has 3 N–H and O–H groups in total. The number of fused-ring (bicyclic) bond motifs is 1. The molecule has 0 spiro atoms. The summed E-state index contributed by atoms with van der Waals surface area (Å²) in [7, 11) is 1.66. The number of benzene rings is 2. The molecule has 1 aliphatic rings. The molecule has 0 fully saturated rings. The molecule has 45 heavy (non-hydrogen) atoms. The maximum absolute atomic E-state index is 15.2. The van der Waals surface area contributed by atoms with E-state index in [0.29, 0.717) is 36.6 Å². The summed E-state index contributed by atoms with van der Waals surface area (Å²) in [5.74, 6) is -2.05. The van der Waals surface area contributed by atoms with Crippen molar-refractivity contribution in [2.24, 2.45) is 5.41 Å². The van der Waals surface area contributed by atoms with Crippen molar-refractivity contribution in [1.29, 1.82) is 0 Å². The molecule has 6 rings (SSSR count). The first kappa shape index (κ1) is 30.0. The van der Waals surface area contributed by atoms with E-state index < -0.39 is 28.9 Å². The number of nitrogens with one attached hydrogen (secondary N) is 3. The molecule has 0 saturated carbocycles. The van der Waals surface area contributed by atoms with Gasteiger partial charge in [-0.2, -0.15) is 0 Å². The van der Waals surface area contributed by atoms with Gasteiger partial charge < -0.3 is 25.4 Å². The van der Waals surface area contributed by atoms with Crippen LogP contribution < -0.4 is 20.7 Å². The van der Waals surface area contributed by atoms with Crippen LogP contribution in [0.2, 0.25) is 0 Å². The van der Waals surface area contributed by atoms with Crippen molar-refractivity contribution in [3.8, 4) is 22.1 Å². The Balaban J connectivity index is 1.13. The van der Waals surface area contributed by atoms with E-state index in [1.807, 2.05) is 24.3 Å². The van der Waals surface area contributed by atoms with Gasteiger partial charge in [0.1, 0.15) is 11.6 Å². The molecular formula is C33H27F2N5O4S. The van der Waals surface area contributed by atoms with Crippen LogP contribution in [-0.2, 0) is 20.9 Å². The Bertz CT molecular complexity index is 1910. The van der Waals surface area contributed by atoms with Crippen LogP contribution in [-0.4, -0.2) is 42.0 Å². The van der Waals surface area contributed by atoms with E-state index >= 15 is 4.39 Å². The molecule has 12 heteroatoms. The Morgan fingerprint density at radius 3 is 2.40 bits per heavy atom. The predicted octanol–water partition coefficient (Wildman–Crippen LogP) is 6.30. The largest absolute Gasteiger partial charge is 0.453 e. The molecule has 3 aromatic heterocycles. The van der Waals surface area contributed by atoms with Crippen LogP contribution in [0, 0.1) is 17.0 Å². The maximum Gasteiger partial charge on any atom is 0.247 e. The molecule has 5 aromatic rings. The molecule has 228 valence electrons. The second-order valence-corrected chi connectivity index (χ2v) is 11.2. The summed E-state index contributed by atoms with van der Waals surface area (Å²) in [4.78, 5) is 35.8. The van der Waals surface area contributed by atoms with E-state index in [1.165, 1.54) is 59.9 Å². The van der Waals surface area contributed by atoms with Gasteiger partial charge in [-0.05, 0) is 54.6 Å². The van der Waals surface area contributed by atoms with Gasteiger partial charge >= 0.3 is 0 Å². The minimum Gasteiger partial charge on any atom is -0.453 e. The zero-order valence-electron chi connectivity index (χ0n) is 24.0. The summed E-state index contributed by atoms with van der Waals surface area (Å²) in [6, 6.07) is 18.6. The second kappa shape index (κ2) is 12.9. The minimum absolute atomic E-state index is 0.0500. The van der Waals surface area contributed by atoms with Gasteiger partial charge in [-0.1, -0.05) is 18.2 Å². The zero-order valence-corrected chi connectivity index (χ0v) is 24.8. The summed E-state index contributed by atoms with van der Waals surface area (Å²) in [5, 5.41) is 8.46. The number of carbonyl (C=O) groups excluding carboxylic acids is 2. The molecule has 0 radical (unpaired) electrons. The number of hydrogen-bond donors (Lipinski definition) is 3. The van der Waals surface area contributed by atoms with Crippen molar-refractivity contribution in [3.63, 3.8) is 0 Å². The van der Waals surface area contributed by atoms with E-state index in [4.69, 9.17) is 14.5 Å². The average Bonchev–Trinajstić information content (AvgIpc) is 3.74. The zero-order chi connectivity index (χ0) is 31.4. The van der Waals surface area contributed by atoms with Crippen molar-refractivity contribution in [2.75, 3.05) is 30.9 Å². The van der Waals surface area contributed by atoms with Gasteiger partial charge in [0.2, 0.25) is 11.8 Å². The Kier molecular flexibility index (Phi) is 8.60. The third-order valence-corrected chi connectivity index (χ3v) is 8.15. The number of aromatic nitrogens is 2. The minimum atomic E-state index is -1.52. The lowest BCUT2D eigenvalue weighted by molar-refractivity contribution is -0.129. The van der Waals surface area contributed by atoms with Crippen LogP contribution in [0.25, 0.3) is 20.8 Å². The van der Waals surface area contributed by atoms with Crippen molar-refractivity contribution in [1.82, 2.24) is 15.3 Å². The first-order chi connectivity index (χ1) is 21.8. The van der Waals surface area contributed by atoms with Crippen LogP contribution in [0.15, 0.2) is 91.1 Å². The predicted molar refractivity (Wildman–Crippen MR) is 168 cm³/mol. The Labute approximate surface area is 260 Å². The van der Waals surface area contributed by atoms with Crippen LogP contribution in [0.5, 0.6) is 11.5 Å². The van der Waals surface area contributed by atoms with Gasteiger partial charge in [-0.3, -0.25) is 19.6 Å². The first-order valence-electron chi connectivity index (χ1n) is 14.0. The summed E-state index contributed by atoms with van der Waals surface area (Å²) >= 11 is 1.43. The van der Waals surface area contributed by atoms with Crippen molar-refractivity contribution in [3.05, 3.63) is 108 Å². The molecule has 0 bridgehead atoms. The lowest BCUT2D eigenvalue weighted by Gasteiger charge is -2.16. The van der Waals surface area contributed by atoms with Crippen molar-refractivity contribution in [2.45, 2.75) is 6.54 Å². The van der Waals surface area contributed by atoms with E-state index in [-0.39, 0.29) is 11.4 Å². The fourth-order valence-electron chi connectivity index (χ4n) is 4.50. The standard InChI is InChI=1S/C33H27F2N5O4S/c1-43-16-15-36-19-23-3-2-4-25(38-23)29-18-26-30(45-29)28(11-14-37-26)44-27-10-9-22(17-24(27)35)40-32(42)33(12-13-33)31(41)39-21-7-5-20(34)6-8-21/h2-14,17-18,36H,15-16,19H2,1H3,(H,39,41)(H,40,42). The maximum atomic E-state index is 15.2. The highest BCUT2D eigenvalue weighted by Crippen LogP contribution is 2.40. The molecule has 2 amide bonds. The average molecular weight is 628 g/mol.